The van der Waals surface area contributed by atoms with Gasteiger partial charge in [0.2, 0.25) is 0 Å². The van der Waals surface area contributed by atoms with Crippen LogP contribution in [0.5, 0.6) is 0 Å². The van der Waals surface area contributed by atoms with Gasteiger partial charge in [-0.1, -0.05) is 28.1 Å². The maximum absolute atomic E-state index is 11.7. The fourth-order valence-electron chi connectivity index (χ4n) is 1.55. The largest absolute Gasteiger partial charge is 0.309 e. The highest BCUT2D eigenvalue weighted by atomic mass is 79.9. The number of sulfone groups is 1. The van der Waals surface area contributed by atoms with Gasteiger partial charge in [0.15, 0.2) is 9.84 Å². The molecule has 0 aliphatic heterocycles. The van der Waals surface area contributed by atoms with Gasteiger partial charge in [-0.3, -0.25) is 0 Å². The smallest absolute Gasteiger partial charge is 0.153 e. The van der Waals surface area contributed by atoms with Crippen LogP contribution in [0.4, 0.5) is 0 Å². The molecule has 0 bridgehead atoms. The zero-order chi connectivity index (χ0) is 13.8. The summed E-state index contributed by atoms with van der Waals surface area (Å²) < 4.78 is 24.3. The molecule has 1 aromatic rings. The lowest BCUT2D eigenvalue weighted by molar-refractivity contribution is 0.566. The first-order chi connectivity index (χ1) is 8.33. The maximum Gasteiger partial charge on any atom is 0.153 e. The Morgan fingerprint density at radius 3 is 2.50 bits per heavy atom. The van der Waals surface area contributed by atoms with Crippen molar-refractivity contribution in [2.75, 3.05) is 12.3 Å². The Balaban J connectivity index is 2.50. The Labute approximate surface area is 118 Å². The second-order valence-electron chi connectivity index (χ2n) is 4.65. The summed E-state index contributed by atoms with van der Waals surface area (Å²) in [4.78, 5) is 0. The summed E-state index contributed by atoms with van der Waals surface area (Å²) >= 11 is 3.43. The molecule has 1 rings (SSSR count). The molecule has 0 saturated heterocycles. The number of nitrogens with one attached hydrogen (secondary N) is 1. The van der Waals surface area contributed by atoms with E-state index in [1.807, 2.05) is 31.2 Å². The van der Waals surface area contributed by atoms with Crippen molar-refractivity contribution in [3.63, 3.8) is 0 Å². The zero-order valence-electron chi connectivity index (χ0n) is 11.0. The van der Waals surface area contributed by atoms with Crippen LogP contribution in [-0.2, 0) is 9.84 Å². The Hall–Kier alpha value is -0.390. The molecule has 0 aromatic heterocycles. The van der Waals surface area contributed by atoms with Gasteiger partial charge in [-0.05, 0) is 38.5 Å². The van der Waals surface area contributed by atoms with Gasteiger partial charge in [0, 0.05) is 17.1 Å². The maximum atomic E-state index is 11.7. The summed E-state index contributed by atoms with van der Waals surface area (Å²) in [6, 6.07) is 8.15. The van der Waals surface area contributed by atoms with Gasteiger partial charge in [-0.25, -0.2) is 8.42 Å². The molecule has 5 heteroatoms. The quantitative estimate of drug-likeness (QED) is 0.870. The van der Waals surface area contributed by atoms with E-state index in [1.165, 1.54) is 0 Å². The van der Waals surface area contributed by atoms with Gasteiger partial charge in [0.25, 0.3) is 0 Å². The average molecular weight is 334 g/mol. The predicted octanol–water partition coefficient (Wildman–Crippen LogP) is 2.92. The van der Waals surface area contributed by atoms with E-state index >= 15 is 0 Å². The van der Waals surface area contributed by atoms with E-state index < -0.39 is 9.84 Å². The van der Waals surface area contributed by atoms with Gasteiger partial charge >= 0.3 is 0 Å². The number of hydrogen-bond donors (Lipinski definition) is 1. The molecule has 0 unspecified atom stereocenters. The minimum absolute atomic E-state index is 0.143. The van der Waals surface area contributed by atoms with Crippen LogP contribution in [0, 0.1) is 0 Å². The molecule has 0 aliphatic rings. The van der Waals surface area contributed by atoms with Crippen molar-refractivity contribution in [3.8, 4) is 0 Å². The second kappa shape index (κ2) is 6.68. The van der Waals surface area contributed by atoms with Crippen molar-refractivity contribution in [2.24, 2.45) is 0 Å². The fraction of sp³-hybridized carbons (Fsp3) is 0.538. The molecule has 1 N–H and O–H groups in total. The zero-order valence-corrected chi connectivity index (χ0v) is 13.4. The summed E-state index contributed by atoms with van der Waals surface area (Å²) in [5, 5.41) is 2.93. The number of halogens is 1. The van der Waals surface area contributed by atoms with Crippen molar-refractivity contribution in [1.82, 2.24) is 5.32 Å². The molecule has 1 aromatic carbocycles. The number of rotatable bonds is 6. The van der Waals surface area contributed by atoms with E-state index in [4.69, 9.17) is 0 Å². The third-order valence-corrected chi connectivity index (χ3v) is 5.61. The third-order valence-electron chi connectivity index (χ3n) is 2.90. The van der Waals surface area contributed by atoms with Crippen LogP contribution >= 0.6 is 15.9 Å². The topological polar surface area (TPSA) is 46.2 Å². The highest BCUT2D eigenvalue weighted by molar-refractivity contribution is 9.10. The molecule has 3 nitrogen and oxygen atoms in total. The average Bonchev–Trinajstić information content (AvgIpc) is 2.28. The van der Waals surface area contributed by atoms with Crippen molar-refractivity contribution in [3.05, 3.63) is 34.3 Å². The standard InChI is InChI=1S/C13H20BrNO2S/c1-10(2)18(16,17)8-7-15-11(3)12-5-4-6-13(14)9-12/h4-6,9-11,15H,7-8H2,1-3H3/t11-/m1/s1. The van der Waals surface area contributed by atoms with E-state index in [0.717, 1.165) is 10.0 Å². The van der Waals surface area contributed by atoms with Crippen LogP contribution in [0.25, 0.3) is 0 Å². The molecule has 0 aliphatic carbocycles. The molecule has 0 radical (unpaired) electrons. The first-order valence-corrected chi connectivity index (χ1v) is 8.54. The lowest BCUT2D eigenvalue weighted by atomic mass is 10.1. The summed E-state index contributed by atoms with van der Waals surface area (Å²) in [5.41, 5.74) is 1.14. The van der Waals surface area contributed by atoms with Gasteiger partial charge in [0.1, 0.15) is 0 Å². The Kier molecular flexibility index (Phi) is 5.82. The Bertz CT molecular complexity index is 486. The van der Waals surface area contributed by atoms with Crippen molar-refractivity contribution < 1.29 is 8.42 Å². The third kappa shape index (κ3) is 4.71. The van der Waals surface area contributed by atoms with Crippen LogP contribution in [0.1, 0.15) is 32.4 Å². The van der Waals surface area contributed by atoms with Gasteiger partial charge in [-0.2, -0.15) is 0 Å². The lowest BCUT2D eigenvalue weighted by Gasteiger charge is -2.15. The normalized spacial score (nSPS) is 13.8. The highest BCUT2D eigenvalue weighted by Gasteiger charge is 2.16. The van der Waals surface area contributed by atoms with E-state index in [-0.39, 0.29) is 17.0 Å². The Morgan fingerprint density at radius 2 is 1.94 bits per heavy atom. The molecule has 102 valence electrons. The first-order valence-electron chi connectivity index (χ1n) is 6.03. The van der Waals surface area contributed by atoms with Crippen molar-refractivity contribution >= 4 is 25.8 Å². The van der Waals surface area contributed by atoms with Crippen LogP contribution in [0.2, 0.25) is 0 Å². The molecule has 0 heterocycles. The molecule has 1 atom stereocenters. The van der Waals surface area contributed by atoms with E-state index in [9.17, 15) is 8.42 Å². The summed E-state index contributed by atoms with van der Waals surface area (Å²) in [5.74, 6) is 0.184. The number of hydrogen-bond acceptors (Lipinski definition) is 3. The van der Waals surface area contributed by atoms with Crippen LogP contribution < -0.4 is 5.32 Å². The van der Waals surface area contributed by atoms with Gasteiger partial charge < -0.3 is 5.32 Å². The van der Waals surface area contributed by atoms with E-state index in [1.54, 1.807) is 13.8 Å². The minimum atomic E-state index is -2.96. The summed E-state index contributed by atoms with van der Waals surface area (Å²) in [7, 11) is -2.96. The number of benzene rings is 1. The lowest BCUT2D eigenvalue weighted by Crippen LogP contribution is -2.29. The molecule has 0 spiro atoms. The Morgan fingerprint density at radius 1 is 1.28 bits per heavy atom. The van der Waals surface area contributed by atoms with Crippen LogP contribution in [-0.4, -0.2) is 26.0 Å². The molecule has 0 fully saturated rings. The monoisotopic (exact) mass is 333 g/mol. The van der Waals surface area contributed by atoms with Crippen LogP contribution in [0.3, 0.4) is 0 Å². The molecule has 18 heavy (non-hydrogen) atoms. The van der Waals surface area contributed by atoms with E-state index in [2.05, 4.69) is 21.2 Å². The molecular formula is C13H20BrNO2S. The summed E-state index contributed by atoms with van der Waals surface area (Å²) in [6.45, 7) is 5.94. The van der Waals surface area contributed by atoms with E-state index in [0.29, 0.717) is 6.54 Å². The SMILES string of the molecule is CC(C)S(=O)(=O)CCN[C@H](C)c1cccc(Br)c1. The predicted molar refractivity (Wildman–Crippen MR) is 79.5 cm³/mol. The van der Waals surface area contributed by atoms with Gasteiger partial charge in [-0.15, -0.1) is 0 Å². The minimum Gasteiger partial charge on any atom is -0.309 e. The van der Waals surface area contributed by atoms with Crippen molar-refractivity contribution in [1.29, 1.82) is 0 Å². The molecule has 0 saturated carbocycles. The molecular weight excluding hydrogens is 314 g/mol. The fourth-order valence-corrected chi connectivity index (χ4v) is 2.84. The van der Waals surface area contributed by atoms with Crippen molar-refractivity contribution in [2.45, 2.75) is 32.1 Å². The molecule has 0 amide bonds. The first kappa shape index (κ1) is 15.7. The second-order valence-corrected chi connectivity index (χ2v) is 8.24. The summed E-state index contributed by atoms with van der Waals surface area (Å²) in [6.07, 6.45) is 0. The van der Waals surface area contributed by atoms with Crippen LogP contribution in [0.15, 0.2) is 28.7 Å². The van der Waals surface area contributed by atoms with Gasteiger partial charge in [0.05, 0.1) is 11.0 Å². The highest BCUT2D eigenvalue weighted by Crippen LogP contribution is 2.17.